The summed E-state index contributed by atoms with van der Waals surface area (Å²) in [6, 6.07) is 6.34. The minimum absolute atomic E-state index is 0.240. The molecule has 7 heteroatoms. The van der Waals surface area contributed by atoms with Gasteiger partial charge in [-0.05, 0) is 31.5 Å². The maximum atomic E-state index is 12.9. The van der Waals surface area contributed by atoms with Gasteiger partial charge in [-0.1, -0.05) is 12.1 Å². The number of aromatic nitrogens is 3. The number of aryl methyl sites for hydroxylation is 1. The van der Waals surface area contributed by atoms with E-state index in [0.29, 0.717) is 19.0 Å². The Hall–Kier alpha value is -2.44. The second-order valence-electron chi connectivity index (χ2n) is 4.90. The van der Waals surface area contributed by atoms with Crippen LogP contribution in [0.15, 0.2) is 29.3 Å². The smallest absolute Gasteiger partial charge is 0.191 e. The first-order valence-electron chi connectivity index (χ1n) is 7.21. The molecule has 0 atom stereocenters. The monoisotopic (exact) mass is 304 g/mol. The fourth-order valence-electron chi connectivity index (χ4n) is 1.87. The number of guanidine groups is 1. The van der Waals surface area contributed by atoms with E-state index in [4.69, 9.17) is 0 Å². The molecular weight excluding hydrogens is 283 g/mol. The molecule has 0 radical (unpaired) electrons. The molecule has 1 aromatic carbocycles. The van der Waals surface area contributed by atoms with Gasteiger partial charge in [0.15, 0.2) is 11.8 Å². The highest BCUT2D eigenvalue weighted by atomic mass is 19.1. The number of nitrogens with zero attached hydrogens (tertiary/aromatic N) is 4. The fourth-order valence-corrected chi connectivity index (χ4v) is 1.87. The van der Waals surface area contributed by atoms with E-state index in [1.807, 2.05) is 25.5 Å². The van der Waals surface area contributed by atoms with Gasteiger partial charge >= 0.3 is 0 Å². The van der Waals surface area contributed by atoms with Crippen molar-refractivity contribution in [3.05, 3.63) is 47.3 Å². The van der Waals surface area contributed by atoms with Crippen molar-refractivity contribution in [2.45, 2.75) is 26.9 Å². The van der Waals surface area contributed by atoms with Gasteiger partial charge in [-0.3, -0.25) is 0 Å². The predicted octanol–water partition coefficient (Wildman–Crippen LogP) is 1.52. The Morgan fingerprint density at radius 2 is 1.95 bits per heavy atom. The molecule has 0 fully saturated rings. The average molecular weight is 304 g/mol. The number of rotatable bonds is 5. The molecule has 0 aliphatic carbocycles. The summed E-state index contributed by atoms with van der Waals surface area (Å²) in [6.07, 6.45) is 0. The number of nitrogens with one attached hydrogen (secondary N) is 2. The lowest BCUT2D eigenvalue weighted by Crippen LogP contribution is -2.37. The molecule has 2 aromatic rings. The molecule has 1 heterocycles. The second-order valence-corrected chi connectivity index (χ2v) is 4.90. The normalized spacial score (nSPS) is 11.5. The molecule has 0 amide bonds. The first-order chi connectivity index (χ1) is 10.6. The second kappa shape index (κ2) is 7.53. The van der Waals surface area contributed by atoms with Gasteiger partial charge in [0.05, 0.1) is 13.1 Å². The van der Waals surface area contributed by atoms with Crippen molar-refractivity contribution in [2.75, 3.05) is 6.54 Å². The Morgan fingerprint density at radius 3 is 2.55 bits per heavy atom. The van der Waals surface area contributed by atoms with Crippen LogP contribution in [0.3, 0.4) is 0 Å². The van der Waals surface area contributed by atoms with Crippen LogP contribution in [0.4, 0.5) is 4.39 Å². The summed E-state index contributed by atoms with van der Waals surface area (Å²) < 4.78 is 14.8. The summed E-state index contributed by atoms with van der Waals surface area (Å²) in [4.78, 5) is 4.48. The first kappa shape index (κ1) is 15.9. The van der Waals surface area contributed by atoms with Gasteiger partial charge in [-0.25, -0.2) is 9.38 Å². The van der Waals surface area contributed by atoms with Gasteiger partial charge in [0.2, 0.25) is 0 Å². The molecular formula is C15H21FN6. The number of hydrogen-bond donors (Lipinski definition) is 2. The van der Waals surface area contributed by atoms with E-state index in [1.165, 1.54) is 12.1 Å². The van der Waals surface area contributed by atoms with Crippen LogP contribution >= 0.6 is 0 Å². The van der Waals surface area contributed by atoms with Crippen LogP contribution in [0.5, 0.6) is 0 Å². The molecule has 6 nitrogen and oxygen atoms in total. The van der Waals surface area contributed by atoms with Crippen molar-refractivity contribution in [1.82, 2.24) is 25.4 Å². The zero-order valence-electron chi connectivity index (χ0n) is 13.1. The lowest BCUT2D eigenvalue weighted by Gasteiger charge is -2.11. The van der Waals surface area contributed by atoms with Crippen LogP contribution in [0.2, 0.25) is 0 Å². The van der Waals surface area contributed by atoms with Crippen molar-refractivity contribution in [2.24, 2.45) is 12.0 Å². The van der Waals surface area contributed by atoms with Gasteiger partial charge < -0.3 is 15.2 Å². The van der Waals surface area contributed by atoms with Crippen LogP contribution in [0, 0.1) is 12.7 Å². The van der Waals surface area contributed by atoms with Gasteiger partial charge in [0.1, 0.15) is 11.6 Å². The fraction of sp³-hybridized carbons (Fsp3) is 0.400. The van der Waals surface area contributed by atoms with E-state index >= 15 is 0 Å². The van der Waals surface area contributed by atoms with Gasteiger partial charge in [0.25, 0.3) is 0 Å². The Balaban J connectivity index is 1.98. The summed E-state index contributed by atoms with van der Waals surface area (Å²) in [7, 11) is 1.93. The van der Waals surface area contributed by atoms with E-state index in [-0.39, 0.29) is 5.82 Å². The highest BCUT2D eigenvalue weighted by molar-refractivity contribution is 5.79. The third kappa shape index (κ3) is 4.28. The van der Waals surface area contributed by atoms with Crippen LogP contribution in [-0.4, -0.2) is 27.3 Å². The topological polar surface area (TPSA) is 67.1 Å². The number of hydrogen-bond acceptors (Lipinski definition) is 3. The summed E-state index contributed by atoms with van der Waals surface area (Å²) in [6.45, 7) is 5.68. The molecule has 0 saturated heterocycles. The third-order valence-electron chi connectivity index (χ3n) is 3.27. The van der Waals surface area contributed by atoms with Gasteiger partial charge in [-0.2, -0.15) is 0 Å². The van der Waals surface area contributed by atoms with Crippen molar-refractivity contribution >= 4 is 5.96 Å². The SMILES string of the molecule is CCNC(=NCc1ccc(F)cc1)NCc1nnc(C)n1C. The summed E-state index contributed by atoms with van der Waals surface area (Å²) in [5.74, 6) is 2.15. The maximum Gasteiger partial charge on any atom is 0.191 e. The molecule has 0 aliphatic rings. The van der Waals surface area contributed by atoms with Crippen molar-refractivity contribution < 1.29 is 4.39 Å². The molecule has 0 aliphatic heterocycles. The predicted molar refractivity (Wildman–Crippen MR) is 83.8 cm³/mol. The van der Waals surface area contributed by atoms with Crippen LogP contribution < -0.4 is 10.6 Å². The van der Waals surface area contributed by atoms with E-state index in [0.717, 1.165) is 23.8 Å². The minimum Gasteiger partial charge on any atom is -0.357 e. The van der Waals surface area contributed by atoms with E-state index in [9.17, 15) is 4.39 Å². The van der Waals surface area contributed by atoms with Gasteiger partial charge in [0, 0.05) is 13.6 Å². The lowest BCUT2D eigenvalue weighted by atomic mass is 10.2. The zero-order chi connectivity index (χ0) is 15.9. The summed E-state index contributed by atoms with van der Waals surface area (Å²) >= 11 is 0. The first-order valence-corrected chi connectivity index (χ1v) is 7.21. The molecule has 2 N–H and O–H groups in total. The average Bonchev–Trinajstić information content (AvgIpc) is 2.83. The lowest BCUT2D eigenvalue weighted by molar-refractivity contribution is 0.627. The van der Waals surface area contributed by atoms with Crippen molar-refractivity contribution in [3.63, 3.8) is 0 Å². The van der Waals surface area contributed by atoms with Crippen LogP contribution in [0.25, 0.3) is 0 Å². The quantitative estimate of drug-likeness (QED) is 0.649. The summed E-state index contributed by atoms with van der Waals surface area (Å²) in [5.41, 5.74) is 0.952. The molecule has 2 rings (SSSR count). The maximum absolute atomic E-state index is 12.9. The third-order valence-corrected chi connectivity index (χ3v) is 3.27. The number of aliphatic imine (C=N–C) groups is 1. The van der Waals surface area contributed by atoms with Crippen LogP contribution in [-0.2, 0) is 20.1 Å². The molecule has 0 saturated carbocycles. The minimum atomic E-state index is -0.240. The molecule has 0 bridgehead atoms. The van der Waals surface area contributed by atoms with E-state index in [1.54, 1.807) is 12.1 Å². The molecule has 118 valence electrons. The highest BCUT2D eigenvalue weighted by Gasteiger charge is 2.05. The largest absolute Gasteiger partial charge is 0.357 e. The van der Waals surface area contributed by atoms with E-state index < -0.39 is 0 Å². The summed E-state index contributed by atoms with van der Waals surface area (Å²) in [5, 5.41) is 14.5. The molecule has 0 spiro atoms. The molecule has 0 unspecified atom stereocenters. The van der Waals surface area contributed by atoms with Crippen molar-refractivity contribution in [3.8, 4) is 0 Å². The standard InChI is InChI=1S/C15H21FN6/c1-4-17-15(18-9-12-5-7-13(16)8-6-12)19-10-14-21-20-11(2)22(14)3/h5-8H,4,9-10H2,1-3H3,(H2,17,18,19). The van der Waals surface area contributed by atoms with E-state index in [2.05, 4.69) is 25.8 Å². The Kier molecular flexibility index (Phi) is 5.46. The highest BCUT2D eigenvalue weighted by Crippen LogP contribution is 2.04. The van der Waals surface area contributed by atoms with Crippen LogP contribution in [0.1, 0.15) is 24.1 Å². The Bertz CT molecular complexity index is 632. The Morgan fingerprint density at radius 1 is 1.23 bits per heavy atom. The number of halogens is 1. The molecule has 22 heavy (non-hydrogen) atoms. The zero-order valence-corrected chi connectivity index (χ0v) is 13.1. The Labute approximate surface area is 129 Å². The van der Waals surface area contributed by atoms with Crippen molar-refractivity contribution in [1.29, 1.82) is 0 Å². The molecule has 1 aromatic heterocycles. The van der Waals surface area contributed by atoms with Gasteiger partial charge in [-0.15, -0.1) is 10.2 Å². The number of benzene rings is 1.